The van der Waals surface area contributed by atoms with Gasteiger partial charge in [0.05, 0.1) is 5.69 Å². The minimum absolute atomic E-state index is 0.441. The van der Waals surface area contributed by atoms with Gasteiger partial charge in [0.2, 0.25) is 0 Å². The Morgan fingerprint density at radius 3 is 3.42 bits per heavy atom. The van der Waals surface area contributed by atoms with Gasteiger partial charge in [0, 0.05) is 19.8 Å². The van der Waals surface area contributed by atoms with Gasteiger partial charge in [0.1, 0.15) is 6.10 Å². The van der Waals surface area contributed by atoms with Gasteiger partial charge in [-0.25, -0.2) is 0 Å². The smallest absolute Gasteiger partial charge is 0.110 e. The van der Waals surface area contributed by atoms with Crippen molar-refractivity contribution in [3.63, 3.8) is 0 Å². The van der Waals surface area contributed by atoms with Crippen LogP contribution in [0.4, 0.5) is 0 Å². The van der Waals surface area contributed by atoms with Crippen molar-refractivity contribution in [2.45, 2.75) is 12.5 Å². The summed E-state index contributed by atoms with van der Waals surface area (Å²) in [6.45, 7) is 1.54. The molecule has 0 radical (unpaired) electrons. The van der Waals surface area contributed by atoms with Crippen molar-refractivity contribution >= 4 is 0 Å². The van der Waals surface area contributed by atoms with Gasteiger partial charge in [0.25, 0.3) is 0 Å². The summed E-state index contributed by atoms with van der Waals surface area (Å²) < 4.78 is 1.76. The van der Waals surface area contributed by atoms with Crippen LogP contribution in [0.2, 0.25) is 0 Å². The number of β-amino-alcohol motifs (C(OH)–C–C–N with tert-alkyl or cyclic N) is 1. The molecule has 0 aliphatic carbocycles. The number of hydrogen-bond donors (Lipinski definition) is 2. The van der Waals surface area contributed by atoms with Crippen LogP contribution in [0, 0.1) is 0 Å². The molecule has 12 heavy (non-hydrogen) atoms. The zero-order valence-corrected chi connectivity index (χ0v) is 7.12. The van der Waals surface area contributed by atoms with E-state index in [1.807, 2.05) is 13.2 Å². The van der Waals surface area contributed by atoms with E-state index in [2.05, 4.69) is 10.4 Å². The third-order valence-corrected chi connectivity index (χ3v) is 2.16. The highest BCUT2D eigenvalue weighted by atomic mass is 16.3. The summed E-state index contributed by atoms with van der Waals surface area (Å²) in [6.07, 6.45) is 2.50. The van der Waals surface area contributed by atoms with Crippen LogP contribution in [0.15, 0.2) is 6.20 Å². The van der Waals surface area contributed by atoms with E-state index in [4.69, 9.17) is 0 Å². The van der Waals surface area contributed by atoms with Crippen molar-refractivity contribution in [3.8, 4) is 0 Å². The highest BCUT2D eigenvalue weighted by Gasteiger charge is 2.18. The van der Waals surface area contributed by atoms with E-state index in [0.29, 0.717) is 6.54 Å². The van der Waals surface area contributed by atoms with Gasteiger partial charge in [-0.3, -0.25) is 4.68 Å². The maximum Gasteiger partial charge on any atom is 0.110 e. The van der Waals surface area contributed by atoms with Crippen molar-refractivity contribution in [3.05, 3.63) is 17.5 Å². The molecule has 0 saturated carbocycles. The SMILES string of the molecule is Cn1cc2c(n1)C(O)CNCC2. The number of aryl methyl sites for hydroxylation is 1. The zero-order valence-electron chi connectivity index (χ0n) is 7.12. The summed E-state index contributed by atoms with van der Waals surface area (Å²) in [7, 11) is 1.88. The predicted molar refractivity (Wildman–Crippen MR) is 44.7 cm³/mol. The molecule has 0 fully saturated rings. The Morgan fingerprint density at radius 2 is 2.58 bits per heavy atom. The molecule has 2 rings (SSSR count). The zero-order chi connectivity index (χ0) is 8.55. The largest absolute Gasteiger partial charge is 0.385 e. The van der Waals surface area contributed by atoms with Crippen LogP contribution in [0.25, 0.3) is 0 Å². The molecule has 1 atom stereocenters. The fraction of sp³-hybridized carbons (Fsp3) is 0.625. The summed E-state index contributed by atoms with van der Waals surface area (Å²) >= 11 is 0. The topological polar surface area (TPSA) is 50.1 Å². The number of fused-ring (bicyclic) bond motifs is 1. The molecule has 1 unspecified atom stereocenters. The van der Waals surface area contributed by atoms with Crippen LogP contribution in [0.1, 0.15) is 17.4 Å². The lowest BCUT2D eigenvalue weighted by molar-refractivity contribution is 0.172. The molecule has 0 spiro atoms. The van der Waals surface area contributed by atoms with Gasteiger partial charge >= 0.3 is 0 Å². The maximum absolute atomic E-state index is 9.62. The summed E-state index contributed by atoms with van der Waals surface area (Å²) in [6, 6.07) is 0. The van der Waals surface area contributed by atoms with E-state index < -0.39 is 6.10 Å². The van der Waals surface area contributed by atoms with Crippen LogP contribution >= 0.6 is 0 Å². The van der Waals surface area contributed by atoms with Gasteiger partial charge in [-0.05, 0) is 18.5 Å². The van der Waals surface area contributed by atoms with Crippen molar-refractivity contribution in [2.24, 2.45) is 7.05 Å². The Balaban J connectivity index is 2.38. The van der Waals surface area contributed by atoms with Crippen LogP contribution in [0.5, 0.6) is 0 Å². The molecule has 0 amide bonds. The van der Waals surface area contributed by atoms with Crippen molar-refractivity contribution in [2.75, 3.05) is 13.1 Å². The number of nitrogens with one attached hydrogen (secondary N) is 1. The van der Waals surface area contributed by atoms with Gasteiger partial charge in [-0.2, -0.15) is 5.10 Å². The molecule has 4 heteroatoms. The second-order valence-corrected chi connectivity index (χ2v) is 3.18. The highest BCUT2D eigenvalue weighted by molar-refractivity contribution is 5.21. The first-order valence-corrected chi connectivity index (χ1v) is 4.18. The van der Waals surface area contributed by atoms with Gasteiger partial charge in [0.15, 0.2) is 0 Å². The molecular weight excluding hydrogens is 154 g/mol. The summed E-state index contributed by atoms with van der Waals surface area (Å²) in [5.41, 5.74) is 2.00. The van der Waals surface area contributed by atoms with Crippen molar-refractivity contribution < 1.29 is 5.11 Å². The van der Waals surface area contributed by atoms with Gasteiger partial charge < -0.3 is 10.4 Å². The Bertz CT molecular complexity index is 282. The van der Waals surface area contributed by atoms with Crippen LogP contribution in [0.3, 0.4) is 0 Å². The maximum atomic E-state index is 9.62. The molecule has 1 aromatic rings. The molecule has 1 aliphatic rings. The molecule has 1 aromatic heterocycles. The summed E-state index contributed by atoms with van der Waals surface area (Å²) in [4.78, 5) is 0. The fourth-order valence-corrected chi connectivity index (χ4v) is 1.59. The van der Waals surface area contributed by atoms with E-state index >= 15 is 0 Å². The number of aromatic nitrogens is 2. The normalized spacial score (nSPS) is 23.3. The van der Waals surface area contributed by atoms with Crippen molar-refractivity contribution in [1.29, 1.82) is 0 Å². The first-order chi connectivity index (χ1) is 5.77. The second kappa shape index (κ2) is 2.88. The average Bonchev–Trinajstić information content (AvgIpc) is 2.33. The molecule has 0 bridgehead atoms. The minimum atomic E-state index is -0.441. The Labute approximate surface area is 71.2 Å². The molecule has 66 valence electrons. The standard InChI is InChI=1S/C8H13N3O/c1-11-5-6-2-3-9-4-7(12)8(6)10-11/h5,7,9,12H,2-4H2,1H3. The van der Waals surface area contributed by atoms with Gasteiger partial charge in [-0.1, -0.05) is 0 Å². The lowest BCUT2D eigenvalue weighted by Gasteiger charge is -2.04. The molecule has 0 aromatic carbocycles. The quantitative estimate of drug-likeness (QED) is 0.552. The summed E-state index contributed by atoms with van der Waals surface area (Å²) in [5.74, 6) is 0. The van der Waals surface area contributed by atoms with E-state index in [1.54, 1.807) is 4.68 Å². The molecule has 4 nitrogen and oxygen atoms in total. The predicted octanol–water partition coefficient (Wildman–Crippen LogP) is -0.401. The van der Waals surface area contributed by atoms with Crippen LogP contribution < -0.4 is 5.32 Å². The third-order valence-electron chi connectivity index (χ3n) is 2.16. The number of aliphatic hydroxyl groups is 1. The molecule has 2 N–H and O–H groups in total. The number of rotatable bonds is 0. The number of nitrogens with zero attached hydrogens (tertiary/aromatic N) is 2. The highest BCUT2D eigenvalue weighted by Crippen LogP contribution is 2.17. The lowest BCUT2D eigenvalue weighted by Crippen LogP contribution is -2.20. The second-order valence-electron chi connectivity index (χ2n) is 3.18. The fourth-order valence-electron chi connectivity index (χ4n) is 1.59. The van der Waals surface area contributed by atoms with E-state index in [1.165, 1.54) is 0 Å². The van der Waals surface area contributed by atoms with E-state index in [0.717, 1.165) is 24.2 Å². The Hall–Kier alpha value is -0.870. The molecule has 1 aliphatic heterocycles. The average molecular weight is 167 g/mol. The van der Waals surface area contributed by atoms with E-state index in [9.17, 15) is 5.11 Å². The number of aliphatic hydroxyl groups excluding tert-OH is 1. The van der Waals surface area contributed by atoms with Gasteiger partial charge in [-0.15, -0.1) is 0 Å². The Morgan fingerprint density at radius 1 is 1.75 bits per heavy atom. The monoisotopic (exact) mass is 167 g/mol. The molecule has 0 saturated heterocycles. The van der Waals surface area contributed by atoms with Crippen molar-refractivity contribution in [1.82, 2.24) is 15.1 Å². The first kappa shape index (κ1) is 7.76. The first-order valence-electron chi connectivity index (χ1n) is 4.18. The van der Waals surface area contributed by atoms with E-state index in [-0.39, 0.29) is 0 Å². The molecule has 2 heterocycles. The summed E-state index contributed by atoms with van der Waals surface area (Å²) in [5, 5.41) is 17.0. The molecular formula is C8H13N3O. The lowest BCUT2D eigenvalue weighted by atomic mass is 10.1. The third kappa shape index (κ3) is 1.23. The van der Waals surface area contributed by atoms with Crippen LogP contribution in [-0.4, -0.2) is 28.0 Å². The minimum Gasteiger partial charge on any atom is -0.385 e. The Kier molecular flexibility index (Phi) is 1.86. The number of hydrogen-bond acceptors (Lipinski definition) is 3. The van der Waals surface area contributed by atoms with Crippen LogP contribution in [-0.2, 0) is 13.5 Å².